The Labute approximate surface area is 207 Å². The SMILES string of the molecule is CC(=O)N[C@@H](COC(C)(C)C)C(=O)N1CCC2(CCN(C(=O)c3cc4ccccc4n3C)CC2)C1. The van der Waals surface area contributed by atoms with Crippen LogP contribution < -0.4 is 5.32 Å². The lowest BCUT2D eigenvalue weighted by Crippen LogP contribution is -2.51. The predicted molar refractivity (Wildman–Crippen MR) is 135 cm³/mol. The van der Waals surface area contributed by atoms with Gasteiger partial charge in [-0.05, 0) is 57.6 Å². The van der Waals surface area contributed by atoms with Crippen molar-refractivity contribution in [1.82, 2.24) is 19.7 Å². The first kappa shape index (κ1) is 25.2. The van der Waals surface area contributed by atoms with Gasteiger partial charge in [0.2, 0.25) is 11.8 Å². The van der Waals surface area contributed by atoms with Gasteiger partial charge in [-0.2, -0.15) is 0 Å². The van der Waals surface area contributed by atoms with E-state index in [1.165, 1.54) is 6.92 Å². The molecule has 0 radical (unpaired) electrons. The summed E-state index contributed by atoms with van der Waals surface area (Å²) in [6.07, 6.45) is 2.66. The van der Waals surface area contributed by atoms with Gasteiger partial charge in [0, 0.05) is 51.1 Å². The molecule has 1 aromatic carbocycles. The molecule has 0 unspecified atom stereocenters. The number of hydrogen-bond acceptors (Lipinski definition) is 4. The van der Waals surface area contributed by atoms with Crippen molar-refractivity contribution in [3.8, 4) is 0 Å². The van der Waals surface area contributed by atoms with Gasteiger partial charge >= 0.3 is 0 Å². The Morgan fingerprint density at radius 3 is 2.29 bits per heavy atom. The number of carbonyl (C=O) groups excluding carboxylic acids is 3. The molecular formula is C27H38N4O4. The molecule has 0 saturated carbocycles. The third-order valence-corrected chi connectivity index (χ3v) is 7.39. The fraction of sp³-hybridized carbons (Fsp3) is 0.593. The minimum atomic E-state index is -0.685. The van der Waals surface area contributed by atoms with Crippen LogP contribution in [0.4, 0.5) is 0 Å². The van der Waals surface area contributed by atoms with Crippen molar-refractivity contribution in [2.75, 3.05) is 32.8 Å². The minimum absolute atomic E-state index is 0.0248. The van der Waals surface area contributed by atoms with Gasteiger partial charge in [0.1, 0.15) is 11.7 Å². The summed E-state index contributed by atoms with van der Waals surface area (Å²) in [6.45, 7) is 10.1. The van der Waals surface area contributed by atoms with Gasteiger partial charge in [-0.25, -0.2) is 0 Å². The van der Waals surface area contributed by atoms with Gasteiger partial charge in [-0.1, -0.05) is 18.2 Å². The van der Waals surface area contributed by atoms with E-state index in [2.05, 4.69) is 5.32 Å². The molecule has 1 atom stereocenters. The first-order chi connectivity index (χ1) is 16.5. The Morgan fingerprint density at radius 1 is 1.06 bits per heavy atom. The summed E-state index contributed by atoms with van der Waals surface area (Å²) in [5.41, 5.74) is 1.39. The molecule has 3 amide bonds. The second kappa shape index (κ2) is 9.64. The minimum Gasteiger partial charge on any atom is -0.373 e. The molecule has 2 aliphatic rings. The van der Waals surface area contributed by atoms with Gasteiger partial charge in [0.25, 0.3) is 5.91 Å². The van der Waals surface area contributed by atoms with Crippen LogP contribution in [0.5, 0.6) is 0 Å². The maximum absolute atomic E-state index is 13.3. The zero-order chi connectivity index (χ0) is 25.4. The van der Waals surface area contributed by atoms with Crippen molar-refractivity contribution in [3.05, 3.63) is 36.0 Å². The quantitative estimate of drug-likeness (QED) is 0.710. The lowest BCUT2D eigenvalue weighted by Gasteiger charge is -2.39. The highest BCUT2D eigenvalue weighted by Crippen LogP contribution is 2.41. The van der Waals surface area contributed by atoms with E-state index in [-0.39, 0.29) is 29.7 Å². The molecule has 1 spiro atoms. The lowest BCUT2D eigenvalue weighted by atomic mass is 9.77. The molecule has 8 nitrogen and oxygen atoms in total. The fourth-order valence-electron chi connectivity index (χ4n) is 5.35. The third-order valence-electron chi connectivity index (χ3n) is 7.39. The molecule has 0 aliphatic carbocycles. The average Bonchev–Trinajstić information content (AvgIpc) is 3.37. The monoisotopic (exact) mass is 482 g/mol. The van der Waals surface area contributed by atoms with Crippen LogP contribution in [0.15, 0.2) is 30.3 Å². The molecule has 2 aliphatic heterocycles. The first-order valence-corrected chi connectivity index (χ1v) is 12.5. The van der Waals surface area contributed by atoms with Gasteiger partial charge < -0.3 is 24.4 Å². The number of nitrogens with one attached hydrogen (secondary N) is 1. The Bertz CT molecular complexity index is 1110. The number of amides is 3. The highest BCUT2D eigenvalue weighted by Gasteiger charge is 2.44. The Hall–Kier alpha value is -2.87. The van der Waals surface area contributed by atoms with Gasteiger partial charge in [0.05, 0.1) is 12.2 Å². The molecular weight excluding hydrogens is 444 g/mol. The number of benzene rings is 1. The molecule has 4 rings (SSSR count). The second-order valence-electron chi connectivity index (χ2n) is 11.1. The van der Waals surface area contributed by atoms with Gasteiger partial charge in [-0.3, -0.25) is 14.4 Å². The first-order valence-electron chi connectivity index (χ1n) is 12.5. The number of para-hydroxylation sites is 1. The third kappa shape index (κ3) is 5.53. The predicted octanol–water partition coefficient (Wildman–Crippen LogP) is 2.95. The number of likely N-dealkylation sites (tertiary alicyclic amines) is 2. The van der Waals surface area contributed by atoms with Crippen LogP contribution in [-0.4, -0.2) is 76.5 Å². The number of fused-ring (bicyclic) bond motifs is 1. The summed E-state index contributed by atoms with van der Waals surface area (Å²) >= 11 is 0. The average molecular weight is 483 g/mol. The number of aryl methyl sites for hydroxylation is 1. The van der Waals surface area contributed by atoms with Crippen LogP contribution in [0.2, 0.25) is 0 Å². The topological polar surface area (TPSA) is 83.9 Å². The Balaban J connectivity index is 1.37. The molecule has 3 heterocycles. The number of ether oxygens (including phenoxy) is 1. The van der Waals surface area contributed by atoms with Crippen molar-refractivity contribution in [1.29, 1.82) is 0 Å². The molecule has 2 aromatic rings. The van der Waals surface area contributed by atoms with Crippen molar-refractivity contribution in [2.45, 2.75) is 58.6 Å². The molecule has 1 aromatic heterocycles. The van der Waals surface area contributed by atoms with Crippen LogP contribution in [0, 0.1) is 5.41 Å². The maximum atomic E-state index is 13.3. The van der Waals surface area contributed by atoms with Gasteiger partial charge in [-0.15, -0.1) is 0 Å². The van der Waals surface area contributed by atoms with Crippen LogP contribution in [-0.2, 0) is 21.4 Å². The van der Waals surface area contributed by atoms with E-state index < -0.39 is 11.6 Å². The van der Waals surface area contributed by atoms with E-state index >= 15 is 0 Å². The number of hydrogen-bond donors (Lipinski definition) is 1. The highest BCUT2D eigenvalue weighted by molar-refractivity contribution is 5.98. The van der Waals surface area contributed by atoms with Crippen LogP contribution in [0.25, 0.3) is 10.9 Å². The normalized spacial score (nSPS) is 18.8. The van der Waals surface area contributed by atoms with Crippen LogP contribution in [0.3, 0.4) is 0 Å². The van der Waals surface area contributed by atoms with E-state index in [1.807, 2.05) is 72.5 Å². The summed E-state index contributed by atoms with van der Waals surface area (Å²) in [4.78, 5) is 42.1. The zero-order valence-corrected chi connectivity index (χ0v) is 21.6. The summed E-state index contributed by atoms with van der Waals surface area (Å²) in [7, 11) is 1.94. The molecule has 2 fully saturated rings. The number of piperidine rings is 1. The number of aromatic nitrogens is 1. The Morgan fingerprint density at radius 2 is 1.69 bits per heavy atom. The molecule has 190 valence electrons. The van der Waals surface area contributed by atoms with Crippen molar-refractivity contribution in [3.63, 3.8) is 0 Å². The number of carbonyl (C=O) groups is 3. The highest BCUT2D eigenvalue weighted by atomic mass is 16.5. The Kier molecular flexibility index (Phi) is 6.95. The van der Waals surface area contributed by atoms with Crippen molar-refractivity contribution in [2.24, 2.45) is 12.5 Å². The van der Waals surface area contributed by atoms with E-state index in [0.29, 0.717) is 31.9 Å². The summed E-state index contributed by atoms with van der Waals surface area (Å²) in [5, 5.41) is 3.84. The number of rotatable bonds is 5. The maximum Gasteiger partial charge on any atom is 0.270 e. The standard InChI is InChI=1S/C27H38N4O4/c1-19(32)28-21(17-35-26(2,3)4)24(33)31-15-12-27(18-31)10-13-30(14-11-27)25(34)23-16-20-8-6-7-9-22(20)29(23)5/h6-9,16,21H,10-15,17-18H2,1-5H3,(H,28,32)/t21-/m0/s1. The smallest absolute Gasteiger partial charge is 0.270 e. The summed E-state index contributed by atoms with van der Waals surface area (Å²) in [6, 6.07) is 9.32. The lowest BCUT2D eigenvalue weighted by molar-refractivity contribution is -0.139. The molecule has 0 bridgehead atoms. The summed E-state index contributed by atoms with van der Waals surface area (Å²) in [5.74, 6) is -0.264. The summed E-state index contributed by atoms with van der Waals surface area (Å²) < 4.78 is 7.79. The van der Waals surface area contributed by atoms with E-state index in [1.54, 1.807) is 0 Å². The molecule has 35 heavy (non-hydrogen) atoms. The van der Waals surface area contributed by atoms with E-state index in [9.17, 15) is 14.4 Å². The van der Waals surface area contributed by atoms with Crippen molar-refractivity contribution < 1.29 is 19.1 Å². The zero-order valence-electron chi connectivity index (χ0n) is 21.6. The van der Waals surface area contributed by atoms with Crippen LogP contribution >= 0.6 is 0 Å². The molecule has 8 heteroatoms. The molecule has 1 N–H and O–H groups in total. The number of nitrogens with zero attached hydrogens (tertiary/aromatic N) is 3. The van der Waals surface area contributed by atoms with Gasteiger partial charge in [0.15, 0.2) is 0 Å². The van der Waals surface area contributed by atoms with E-state index in [0.717, 1.165) is 30.2 Å². The molecule has 2 saturated heterocycles. The van der Waals surface area contributed by atoms with E-state index in [4.69, 9.17) is 4.74 Å². The van der Waals surface area contributed by atoms with Crippen LogP contribution in [0.1, 0.15) is 57.4 Å². The fourth-order valence-corrected chi connectivity index (χ4v) is 5.35. The second-order valence-corrected chi connectivity index (χ2v) is 11.1. The largest absolute Gasteiger partial charge is 0.373 e. The van der Waals surface area contributed by atoms with Crippen molar-refractivity contribution >= 4 is 28.6 Å².